The normalized spacial score (nSPS) is 12.0. The van der Waals surface area contributed by atoms with E-state index in [1.807, 2.05) is 25.4 Å². The molecule has 0 aromatic rings. The number of hydrogen-bond donors (Lipinski definition) is 1. The van der Waals surface area contributed by atoms with Crippen molar-refractivity contribution in [3.8, 4) is 0 Å². The third-order valence-electron chi connectivity index (χ3n) is 1.18. The standard InChI is InChI=1S/C9H15N/c1-4-6-7-9(5-2)8-10-3/h4,6-8,10H,1,5H2,2-3H3/b7-6-,9-8-. The van der Waals surface area contributed by atoms with Gasteiger partial charge in [-0.15, -0.1) is 0 Å². The van der Waals surface area contributed by atoms with Gasteiger partial charge in [0.2, 0.25) is 0 Å². The first-order valence-corrected chi connectivity index (χ1v) is 3.50. The Morgan fingerprint density at radius 3 is 2.70 bits per heavy atom. The fourth-order valence-electron chi connectivity index (χ4n) is 0.645. The first-order chi connectivity index (χ1) is 4.85. The lowest BCUT2D eigenvalue weighted by Crippen LogP contribution is -1.94. The van der Waals surface area contributed by atoms with Gasteiger partial charge in [-0.1, -0.05) is 31.7 Å². The van der Waals surface area contributed by atoms with Crippen molar-refractivity contribution in [2.45, 2.75) is 13.3 Å². The summed E-state index contributed by atoms with van der Waals surface area (Å²) in [5, 5.41) is 2.98. The molecule has 1 N–H and O–H groups in total. The van der Waals surface area contributed by atoms with Crippen molar-refractivity contribution in [3.05, 3.63) is 36.6 Å². The van der Waals surface area contributed by atoms with Gasteiger partial charge in [-0.25, -0.2) is 0 Å². The van der Waals surface area contributed by atoms with Gasteiger partial charge >= 0.3 is 0 Å². The molecule has 0 radical (unpaired) electrons. The van der Waals surface area contributed by atoms with Crippen LogP contribution in [0, 0.1) is 0 Å². The van der Waals surface area contributed by atoms with Crippen LogP contribution in [0.15, 0.2) is 36.6 Å². The average molecular weight is 137 g/mol. The van der Waals surface area contributed by atoms with E-state index in [-0.39, 0.29) is 0 Å². The van der Waals surface area contributed by atoms with Gasteiger partial charge in [0, 0.05) is 7.05 Å². The summed E-state index contributed by atoms with van der Waals surface area (Å²) < 4.78 is 0. The Balaban J connectivity index is 3.94. The zero-order valence-electron chi connectivity index (χ0n) is 6.72. The number of hydrogen-bond acceptors (Lipinski definition) is 1. The molecule has 1 nitrogen and oxygen atoms in total. The molecular weight excluding hydrogens is 122 g/mol. The van der Waals surface area contributed by atoms with Gasteiger partial charge in [0.15, 0.2) is 0 Å². The van der Waals surface area contributed by atoms with Crippen LogP contribution in [-0.4, -0.2) is 7.05 Å². The fraction of sp³-hybridized carbons (Fsp3) is 0.333. The van der Waals surface area contributed by atoms with E-state index in [1.165, 1.54) is 5.57 Å². The summed E-state index contributed by atoms with van der Waals surface area (Å²) in [6.07, 6.45) is 8.79. The molecule has 0 aromatic heterocycles. The van der Waals surface area contributed by atoms with Crippen LogP contribution < -0.4 is 5.32 Å². The molecule has 56 valence electrons. The maximum absolute atomic E-state index is 3.59. The van der Waals surface area contributed by atoms with Crippen molar-refractivity contribution < 1.29 is 0 Å². The van der Waals surface area contributed by atoms with Gasteiger partial charge in [-0.3, -0.25) is 0 Å². The number of rotatable bonds is 4. The molecular formula is C9H15N. The maximum atomic E-state index is 3.59. The number of nitrogens with one attached hydrogen (secondary N) is 1. The molecule has 0 fully saturated rings. The van der Waals surface area contributed by atoms with E-state index in [1.54, 1.807) is 6.08 Å². The molecule has 0 heterocycles. The van der Waals surface area contributed by atoms with Gasteiger partial charge in [0.05, 0.1) is 0 Å². The van der Waals surface area contributed by atoms with E-state index in [0.717, 1.165) is 6.42 Å². The van der Waals surface area contributed by atoms with Gasteiger partial charge in [0.1, 0.15) is 0 Å². The lowest BCUT2D eigenvalue weighted by Gasteiger charge is -1.94. The van der Waals surface area contributed by atoms with Gasteiger partial charge in [0.25, 0.3) is 0 Å². The van der Waals surface area contributed by atoms with Gasteiger partial charge < -0.3 is 5.32 Å². The third-order valence-corrected chi connectivity index (χ3v) is 1.18. The molecule has 0 bridgehead atoms. The van der Waals surface area contributed by atoms with Crippen LogP contribution in [0.2, 0.25) is 0 Å². The maximum Gasteiger partial charge on any atom is 0.00278 e. The highest BCUT2D eigenvalue weighted by Crippen LogP contribution is 1.99. The van der Waals surface area contributed by atoms with Gasteiger partial charge in [-0.05, 0) is 18.2 Å². The Morgan fingerprint density at radius 1 is 1.60 bits per heavy atom. The first kappa shape index (κ1) is 9.02. The van der Waals surface area contributed by atoms with E-state index in [2.05, 4.69) is 18.8 Å². The highest BCUT2D eigenvalue weighted by Gasteiger charge is 1.82. The third kappa shape index (κ3) is 3.96. The molecule has 0 amide bonds. The quantitative estimate of drug-likeness (QED) is 0.586. The Morgan fingerprint density at radius 2 is 2.30 bits per heavy atom. The van der Waals surface area contributed by atoms with Crippen LogP contribution in [0.25, 0.3) is 0 Å². The minimum atomic E-state index is 1.05. The van der Waals surface area contributed by atoms with E-state index >= 15 is 0 Å². The Labute approximate surface area is 63.1 Å². The zero-order chi connectivity index (χ0) is 7.82. The Kier molecular flexibility index (Phi) is 5.54. The predicted molar refractivity (Wildman–Crippen MR) is 46.8 cm³/mol. The van der Waals surface area contributed by atoms with Crippen molar-refractivity contribution in [3.63, 3.8) is 0 Å². The van der Waals surface area contributed by atoms with Crippen molar-refractivity contribution in [1.82, 2.24) is 5.32 Å². The molecule has 0 saturated heterocycles. The van der Waals surface area contributed by atoms with Crippen LogP contribution in [0.5, 0.6) is 0 Å². The minimum absolute atomic E-state index is 1.05. The molecule has 0 spiro atoms. The molecule has 0 atom stereocenters. The van der Waals surface area contributed by atoms with Crippen LogP contribution in [-0.2, 0) is 0 Å². The van der Waals surface area contributed by atoms with Crippen molar-refractivity contribution in [2.24, 2.45) is 0 Å². The lowest BCUT2D eigenvalue weighted by atomic mass is 10.2. The molecule has 0 unspecified atom stereocenters. The van der Waals surface area contributed by atoms with Crippen LogP contribution >= 0.6 is 0 Å². The molecule has 0 aliphatic carbocycles. The van der Waals surface area contributed by atoms with Crippen molar-refractivity contribution in [1.29, 1.82) is 0 Å². The van der Waals surface area contributed by atoms with E-state index in [0.29, 0.717) is 0 Å². The van der Waals surface area contributed by atoms with E-state index in [4.69, 9.17) is 0 Å². The average Bonchev–Trinajstić information content (AvgIpc) is 1.98. The molecule has 0 aromatic carbocycles. The second kappa shape index (κ2) is 6.14. The molecule has 10 heavy (non-hydrogen) atoms. The predicted octanol–water partition coefficient (Wildman–Crippen LogP) is 2.24. The summed E-state index contributed by atoms with van der Waals surface area (Å²) in [6, 6.07) is 0. The minimum Gasteiger partial charge on any atom is -0.394 e. The second-order valence-corrected chi connectivity index (χ2v) is 1.96. The second-order valence-electron chi connectivity index (χ2n) is 1.96. The Hall–Kier alpha value is -0.980. The van der Waals surface area contributed by atoms with Crippen molar-refractivity contribution >= 4 is 0 Å². The summed E-state index contributed by atoms with van der Waals surface area (Å²) in [4.78, 5) is 0. The summed E-state index contributed by atoms with van der Waals surface area (Å²) in [5.41, 5.74) is 1.28. The first-order valence-electron chi connectivity index (χ1n) is 3.50. The fourth-order valence-corrected chi connectivity index (χ4v) is 0.645. The highest BCUT2D eigenvalue weighted by atomic mass is 14.8. The van der Waals surface area contributed by atoms with Crippen molar-refractivity contribution in [2.75, 3.05) is 7.05 Å². The highest BCUT2D eigenvalue weighted by molar-refractivity contribution is 5.20. The summed E-state index contributed by atoms with van der Waals surface area (Å²) >= 11 is 0. The Bertz CT molecular complexity index is 140. The molecule has 0 aliphatic heterocycles. The largest absolute Gasteiger partial charge is 0.394 e. The SMILES string of the molecule is C=C/C=C\C(=C/NC)CC. The van der Waals surface area contributed by atoms with Crippen LogP contribution in [0.3, 0.4) is 0 Å². The van der Waals surface area contributed by atoms with E-state index < -0.39 is 0 Å². The van der Waals surface area contributed by atoms with Crippen LogP contribution in [0.4, 0.5) is 0 Å². The smallest absolute Gasteiger partial charge is 0.00278 e. The zero-order valence-corrected chi connectivity index (χ0v) is 6.72. The topological polar surface area (TPSA) is 12.0 Å². The van der Waals surface area contributed by atoms with Crippen LogP contribution in [0.1, 0.15) is 13.3 Å². The molecule has 0 saturated carbocycles. The number of allylic oxidation sites excluding steroid dienone is 4. The summed E-state index contributed by atoms with van der Waals surface area (Å²) in [5.74, 6) is 0. The molecule has 0 aliphatic rings. The molecule has 0 rings (SSSR count). The molecule has 1 heteroatoms. The lowest BCUT2D eigenvalue weighted by molar-refractivity contribution is 1.04. The van der Waals surface area contributed by atoms with E-state index in [9.17, 15) is 0 Å². The monoisotopic (exact) mass is 137 g/mol. The summed E-state index contributed by atoms with van der Waals surface area (Å²) in [6.45, 7) is 5.71. The van der Waals surface area contributed by atoms with Gasteiger partial charge in [-0.2, -0.15) is 0 Å². The summed E-state index contributed by atoms with van der Waals surface area (Å²) in [7, 11) is 1.90.